The molecule has 7 amide bonds. The Balaban J connectivity index is 1.48. The summed E-state index contributed by atoms with van der Waals surface area (Å²) in [5, 5.41) is 33.2. The van der Waals surface area contributed by atoms with Crippen molar-refractivity contribution in [2.75, 3.05) is 32.7 Å². The molecule has 0 unspecified atom stereocenters. The number of rotatable bonds is 12. The van der Waals surface area contributed by atoms with Gasteiger partial charge in [-0.25, -0.2) is 0 Å². The topological polar surface area (TPSA) is 376 Å². The van der Waals surface area contributed by atoms with Crippen LogP contribution in [0.1, 0.15) is 75.0 Å². The maximum absolute atomic E-state index is 14.7. The first kappa shape index (κ1) is 58.7. The number of aromatic amines is 1. The monoisotopic (exact) mass is 1050 g/mol. The van der Waals surface area contributed by atoms with E-state index in [1.54, 1.807) is 48.7 Å². The fraction of sp³-hybridized carbons (Fsp3) is 0.434. The second-order valence-electron chi connectivity index (χ2n) is 18.7. The number of phenolic OH excluding ortho intramolecular Hbond substituents is 1. The van der Waals surface area contributed by atoms with Crippen molar-refractivity contribution < 1.29 is 48.3 Å². The van der Waals surface area contributed by atoms with E-state index >= 15 is 0 Å². The second kappa shape index (κ2) is 30.3. The van der Waals surface area contributed by atoms with Crippen molar-refractivity contribution in [1.82, 2.24) is 47.5 Å². The fourth-order valence-corrected chi connectivity index (χ4v) is 8.65. The normalized spacial score (nSPS) is 21.9. The lowest BCUT2D eigenvalue weighted by atomic mass is 9.98. The highest BCUT2D eigenvalue weighted by Gasteiger charge is 2.32. The number of aromatic hydroxyl groups is 1. The van der Waals surface area contributed by atoms with E-state index in [-0.39, 0.29) is 102 Å². The molecule has 23 heteroatoms. The quantitative estimate of drug-likeness (QED) is 0.0462. The van der Waals surface area contributed by atoms with Crippen LogP contribution in [0.2, 0.25) is 0 Å². The number of para-hydroxylation sites is 1. The Labute approximate surface area is 440 Å². The molecule has 5 rings (SSSR count). The zero-order valence-electron chi connectivity index (χ0n) is 42.7. The highest BCUT2D eigenvalue weighted by molar-refractivity contribution is 5.96. The summed E-state index contributed by atoms with van der Waals surface area (Å²) < 4.78 is 0. The van der Waals surface area contributed by atoms with Crippen LogP contribution in [0, 0.1) is 0 Å². The van der Waals surface area contributed by atoms with Crippen molar-refractivity contribution >= 4 is 69.8 Å². The number of H-pyrrole nitrogens is 1. The number of benzene rings is 3. The van der Waals surface area contributed by atoms with E-state index in [0.717, 1.165) is 16.5 Å². The molecule has 0 radical (unpaired) electrons. The number of carbonyl (C=O) groups is 9. The number of Topliss-reactive ketones (excluding diaryl/α,β-unsaturated/α-hetero) is 2. The summed E-state index contributed by atoms with van der Waals surface area (Å²) in [6, 6.07) is 15.4. The van der Waals surface area contributed by atoms with Crippen LogP contribution in [0.25, 0.3) is 10.9 Å². The minimum atomic E-state index is -1.29. The van der Waals surface area contributed by atoms with E-state index < -0.39 is 89.2 Å². The molecule has 0 saturated carbocycles. The van der Waals surface area contributed by atoms with Crippen molar-refractivity contribution in [1.29, 1.82) is 0 Å². The molecule has 3 aromatic carbocycles. The summed E-state index contributed by atoms with van der Waals surface area (Å²) in [6.45, 7) is 1.07. The van der Waals surface area contributed by atoms with Gasteiger partial charge in [0.05, 0.1) is 31.1 Å². The Morgan fingerprint density at radius 2 is 1.33 bits per heavy atom. The van der Waals surface area contributed by atoms with Gasteiger partial charge in [-0.15, -0.1) is 0 Å². The molecule has 1 fully saturated rings. The highest BCUT2D eigenvalue weighted by atomic mass is 16.3. The van der Waals surface area contributed by atoms with E-state index in [4.69, 9.17) is 17.2 Å². The number of hydrogen-bond donors (Lipinski definition) is 13. The fourth-order valence-electron chi connectivity index (χ4n) is 8.65. The highest BCUT2D eigenvalue weighted by Crippen LogP contribution is 2.20. The Morgan fingerprint density at radius 1 is 0.684 bits per heavy atom. The van der Waals surface area contributed by atoms with Crippen LogP contribution in [-0.2, 0) is 62.4 Å². The molecule has 6 atom stereocenters. The smallest absolute Gasteiger partial charge is 0.243 e. The molecular formula is C53H71N13O10. The van der Waals surface area contributed by atoms with Crippen LogP contribution in [0.15, 0.2) is 90.1 Å². The minimum Gasteiger partial charge on any atom is -0.508 e. The van der Waals surface area contributed by atoms with Crippen molar-refractivity contribution in [3.8, 4) is 5.75 Å². The Hall–Kier alpha value is -8.18. The standard InChI is InChI=1S/C53H71N13O10/c1-32(67)62-42-29-47(71)59-22-8-7-14-39(49(54)73)63-48(72)31-57-24-20-45(69)41(28-35-30-61-38-13-6-5-12-37(35)38)65-50(74)40(15-9-23-60-53(55)56)64-52(76)44(27-33-10-3-2-4-11-33)66-51(75)43(58-25-21-46(42)70)26-34-16-18-36(68)19-17-34/h2-6,10-13,16-19,30,39-44,57-58,61,68H,7-9,14-15,20-29,31H2,1H3,(H2,54,73)(H,59,71)(H,62,67)(H,63,72)(H,64,76)(H,65,74)(H,66,75)(H4,55,56,60)/t39-,40-,41-,42-,43-,44+/m0/s1. The number of hydrogen-bond acceptors (Lipinski definition) is 13. The van der Waals surface area contributed by atoms with Gasteiger partial charge in [-0.1, -0.05) is 60.7 Å². The SMILES string of the molecule is CC(=O)N[C@H]1CC(=O)NCCCC[C@@H](C(N)=O)NC(=O)CNCCC(=O)[C@H](Cc2c[nH]c3ccccc23)NC(=O)[C@H](CCCN=C(N)N)NC(=O)[C@@H](Cc2ccccc2)NC(=O)[C@H](Cc2ccc(O)cc2)NCCC1=O. The van der Waals surface area contributed by atoms with Crippen molar-refractivity contribution in [2.24, 2.45) is 22.2 Å². The average molecular weight is 1050 g/mol. The number of guanidine groups is 1. The molecule has 1 aromatic heterocycles. The first-order valence-corrected chi connectivity index (χ1v) is 25.4. The van der Waals surface area contributed by atoms with E-state index in [9.17, 15) is 48.3 Å². The summed E-state index contributed by atoms with van der Waals surface area (Å²) >= 11 is 0. The molecule has 76 heavy (non-hydrogen) atoms. The van der Waals surface area contributed by atoms with Crippen molar-refractivity contribution in [3.05, 3.63) is 102 Å². The lowest BCUT2D eigenvalue weighted by molar-refractivity contribution is -0.134. The zero-order chi connectivity index (χ0) is 55.0. The van der Waals surface area contributed by atoms with Crippen molar-refractivity contribution in [3.63, 3.8) is 0 Å². The number of primary amides is 1. The Morgan fingerprint density at radius 3 is 2.05 bits per heavy atom. The van der Waals surface area contributed by atoms with Gasteiger partial charge in [-0.2, -0.15) is 0 Å². The van der Waals surface area contributed by atoms with Crippen LogP contribution >= 0.6 is 0 Å². The molecule has 1 saturated heterocycles. The molecule has 408 valence electrons. The molecule has 1 aliphatic rings. The molecule has 2 heterocycles. The number of nitrogens with one attached hydrogen (secondary N) is 9. The third-order valence-corrected chi connectivity index (χ3v) is 12.7. The molecule has 16 N–H and O–H groups in total. The van der Waals surface area contributed by atoms with Gasteiger partial charge in [0.15, 0.2) is 17.5 Å². The van der Waals surface area contributed by atoms with E-state index in [1.807, 2.05) is 24.3 Å². The Bertz CT molecular complexity index is 2660. The van der Waals surface area contributed by atoms with Crippen LogP contribution in [0.3, 0.4) is 0 Å². The number of phenols is 1. The summed E-state index contributed by atoms with van der Waals surface area (Å²) in [4.78, 5) is 129. The lowest BCUT2D eigenvalue weighted by Crippen LogP contribution is -2.58. The summed E-state index contributed by atoms with van der Waals surface area (Å²) in [5.74, 6) is -5.62. The molecule has 0 aliphatic carbocycles. The number of fused-ring (bicyclic) bond motifs is 1. The largest absolute Gasteiger partial charge is 0.508 e. The van der Waals surface area contributed by atoms with Gasteiger partial charge in [0.1, 0.15) is 23.9 Å². The maximum atomic E-state index is 14.7. The summed E-state index contributed by atoms with van der Waals surface area (Å²) in [6.07, 6.45) is 2.14. The number of aromatic nitrogens is 1. The van der Waals surface area contributed by atoms with Gasteiger partial charge in [-0.05, 0) is 73.4 Å². The van der Waals surface area contributed by atoms with Crippen molar-refractivity contribution in [2.45, 2.75) is 114 Å². The summed E-state index contributed by atoms with van der Waals surface area (Å²) in [5.41, 5.74) is 19.6. The first-order chi connectivity index (χ1) is 36.4. The van der Waals surface area contributed by atoms with Crippen LogP contribution in [-0.4, -0.2) is 138 Å². The summed E-state index contributed by atoms with van der Waals surface area (Å²) in [7, 11) is 0. The molecule has 1 aliphatic heterocycles. The predicted octanol–water partition coefficient (Wildman–Crippen LogP) is -0.959. The van der Waals surface area contributed by atoms with Gasteiger partial charge in [0, 0.05) is 75.9 Å². The zero-order valence-corrected chi connectivity index (χ0v) is 42.7. The van der Waals surface area contributed by atoms with E-state index in [1.165, 1.54) is 19.1 Å². The minimum absolute atomic E-state index is 0.00246. The number of carbonyl (C=O) groups excluding carboxylic acids is 9. The van der Waals surface area contributed by atoms with Crippen LogP contribution < -0.4 is 59.7 Å². The molecule has 0 bridgehead atoms. The third-order valence-electron chi connectivity index (χ3n) is 12.7. The second-order valence-corrected chi connectivity index (χ2v) is 18.7. The van der Waals surface area contributed by atoms with Gasteiger partial charge in [0.2, 0.25) is 41.4 Å². The lowest BCUT2D eigenvalue weighted by Gasteiger charge is -2.27. The maximum Gasteiger partial charge on any atom is 0.243 e. The molecule has 0 spiro atoms. The van der Waals surface area contributed by atoms with E-state index in [0.29, 0.717) is 24.0 Å². The van der Waals surface area contributed by atoms with Crippen LogP contribution in [0.4, 0.5) is 0 Å². The molecule has 23 nitrogen and oxygen atoms in total. The number of nitrogens with two attached hydrogens (primary N) is 3. The number of amides is 7. The van der Waals surface area contributed by atoms with Gasteiger partial charge < -0.3 is 69.8 Å². The number of ketones is 2. The predicted molar refractivity (Wildman–Crippen MR) is 284 cm³/mol. The van der Waals surface area contributed by atoms with Gasteiger partial charge in [0.25, 0.3) is 0 Å². The van der Waals surface area contributed by atoms with E-state index in [2.05, 4.69) is 52.5 Å². The Kier molecular flexibility index (Phi) is 23.4. The number of nitrogens with zero attached hydrogens (tertiary/aromatic N) is 1. The average Bonchev–Trinajstić information content (AvgIpc) is 3.79. The van der Waals surface area contributed by atoms with Gasteiger partial charge in [-0.3, -0.25) is 48.1 Å². The molecule has 4 aromatic rings. The van der Waals surface area contributed by atoms with Gasteiger partial charge >= 0.3 is 0 Å². The first-order valence-electron chi connectivity index (χ1n) is 25.4. The van der Waals surface area contributed by atoms with Crippen LogP contribution in [0.5, 0.6) is 5.75 Å². The molecular weight excluding hydrogens is 979 g/mol. The number of aliphatic imine (C=N–C) groups is 1. The third kappa shape index (κ3) is 19.9.